The highest BCUT2D eigenvalue weighted by atomic mass is 31.2. The molecule has 0 amide bonds. The molecule has 0 bridgehead atoms. The van der Waals surface area contributed by atoms with Crippen LogP contribution >= 0.6 is 7.82 Å². The highest BCUT2D eigenvalue weighted by molar-refractivity contribution is 7.48. The maximum Gasteiger partial charge on any atom is 0.477 e. The number of phosphoric acid groups is 1. The van der Waals surface area contributed by atoms with Crippen molar-refractivity contribution in [3.05, 3.63) is 71.8 Å². The number of ether oxygens (including phenoxy) is 4. The van der Waals surface area contributed by atoms with Crippen LogP contribution in [0.5, 0.6) is 0 Å². The lowest BCUT2D eigenvalue weighted by molar-refractivity contribution is -0.258. The lowest BCUT2D eigenvalue weighted by Gasteiger charge is -2.40. The minimum Gasteiger partial charge on any atom is -0.463 e. The molecule has 11 nitrogen and oxygen atoms in total. The van der Waals surface area contributed by atoms with Crippen molar-refractivity contribution in [3.8, 4) is 0 Å². The number of phosphoric ester groups is 1. The summed E-state index contributed by atoms with van der Waals surface area (Å²) in [7, 11) is -4.34. The van der Waals surface area contributed by atoms with Crippen LogP contribution in [0.4, 0.5) is 0 Å². The van der Waals surface area contributed by atoms with E-state index in [2.05, 4.69) is 0 Å². The topological polar surface area (TPSA) is 133 Å². The second kappa shape index (κ2) is 14.2. The molecule has 1 heterocycles. The van der Waals surface area contributed by atoms with Gasteiger partial charge in [-0.05, 0) is 11.1 Å². The minimum atomic E-state index is -4.34. The lowest BCUT2D eigenvalue weighted by atomic mass is 10.0. The van der Waals surface area contributed by atoms with Crippen LogP contribution in [0.3, 0.4) is 0 Å². The number of benzene rings is 2. The molecule has 206 valence electrons. The maximum atomic E-state index is 13.8. The van der Waals surface area contributed by atoms with Crippen molar-refractivity contribution in [1.29, 1.82) is 0 Å². The molecule has 38 heavy (non-hydrogen) atoms. The van der Waals surface area contributed by atoms with Gasteiger partial charge in [0.1, 0.15) is 18.8 Å². The zero-order chi connectivity index (χ0) is 27.5. The standard InChI is InChI=1S/C26H31O11P/c1-18(27)31-17-25-23(34-19(2)28)14-24(35-20(3)29)26(36-25)37-38(30,32-15-21-10-6-4-7-11-21)33-16-22-12-8-5-9-13-22/h4-13,23-26H,14-17H2,1-3H3/t23-,24+,25+,26+/m0/s1. The molecule has 1 aliphatic heterocycles. The van der Waals surface area contributed by atoms with Crippen LogP contribution in [0.2, 0.25) is 0 Å². The molecule has 0 radical (unpaired) electrons. The summed E-state index contributed by atoms with van der Waals surface area (Å²) in [6.07, 6.45) is -4.61. The average molecular weight is 550 g/mol. The lowest BCUT2D eigenvalue weighted by Crippen LogP contribution is -2.52. The monoisotopic (exact) mass is 550 g/mol. The van der Waals surface area contributed by atoms with Gasteiger partial charge in [0, 0.05) is 27.2 Å². The van der Waals surface area contributed by atoms with Gasteiger partial charge in [-0.15, -0.1) is 0 Å². The molecule has 2 aromatic carbocycles. The van der Waals surface area contributed by atoms with Crippen LogP contribution < -0.4 is 0 Å². The van der Waals surface area contributed by atoms with Gasteiger partial charge in [0.05, 0.1) is 13.2 Å². The average Bonchev–Trinajstić information content (AvgIpc) is 2.87. The molecule has 0 saturated carbocycles. The Hall–Kier alpha value is -3.08. The maximum absolute atomic E-state index is 13.8. The van der Waals surface area contributed by atoms with Crippen molar-refractivity contribution in [1.82, 2.24) is 0 Å². The van der Waals surface area contributed by atoms with Gasteiger partial charge in [0.2, 0.25) is 6.29 Å². The molecule has 0 N–H and O–H groups in total. The molecule has 0 spiro atoms. The summed E-state index contributed by atoms with van der Waals surface area (Å²) in [4.78, 5) is 34.9. The molecule has 12 heteroatoms. The molecular weight excluding hydrogens is 519 g/mol. The molecular formula is C26H31O11P. The third kappa shape index (κ3) is 9.66. The van der Waals surface area contributed by atoms with Crippen LogP contribution in [0.1, 0.15) is 38.3 Å². The summed E-state index contributed by atoms with van der Waals surface area (Å²) in [5.74, 6) is -1.87. The number of carbonyl (C=O) groups excluding carboxylic acids is 3. The van der Waals surface area contributed by atoms with Gasteiger partial charge < -0.3 is 18.9 Å². The Morgan fingerprint density at radius 2 is 1.29 bits per heavy atom. The van der Waals surface area contributed by atoms with Crippen molar-refractivity contribution in [2.24, 2.45) is 0 Å². The van der Waals surface area contributed by atoms with E-state index < -0.39 is 50.3 Å². The largest absolute Gasteiger partial charge is 0.477 e. The summed E-state index contributed by atoms with van der Waals surface area (Å²) >= 11 is 0. The first-order valence-electron chi connectivity index (χ1n) is 11.9. The number of rotatable bonds is 12. The van der Waals surface area contributed by atoms with Gasteiger partial charge in [-0.3, -0.25) is 28.0 Å². The molecule has 1 saturated heterocycles. The molecule has 0 aromatic heterocycles. The summed E-state index contributed by atoms with van der Waals surface area (Å²) in [6, 6.07) is 17.9. The molecule has 2 aromatic rings. The molecule has 0 unspecified atom stereocenters. The van der Waals surface area contributed by atoms with E-state index in [9.17, 15) is 18.9 Å². The number of hydrogen-bond donors (Lipinski definition) is 0. The Kier molecular flexibility index (Phi) is 11.0. The van der Waals surface area contributed by atoms with Crippen LogP contribution in [0, 0.1) is 0 Å². The third-order valence-electron chi connectivity index (χ3n) is 5.27. The quantitative estimate of drug-likeness (QED) is 0.215. The van der Waals surface area contributed by atoms with Crippen LogP contribution in [0.25, 0.3) is 0 Å². The highest BCUT2D eigenvalue weighted by Crippen LogP contribution is 2.53. The SMILES string of the molecule is CC(=O)OC[C@H]1O[C@H](OP(=O)(OCc2ccccc2)OCc2ccccc2)[C@H](OC(C)=O)C[C@@H]1OC(C)=O. The van der Waals surface area contributed by atoms with E-state index >= 15 is 0 Å². The van der Waals surface area contributed by atoms with Gasteiger partial charge in [0.25, 0.3) is 0 Å². The van der Waals surface area contributed by atoms with Crippen molar-refractivity contribution in [2.75, 3.05) is 6.61 Å². The van der Waals surface area contributed by atoms with Crippen LogP contribution in [0.15, 0.2) is 60.7 Å². The first-order valence-corrected chi connectivity index (χ1v) is 13.4. The van der Waals surface area contributed by atoms with Gasteiger partial charge >= 0.3 is 25.7 Å². The molecule has 3 rings (SSSR count). The molecule has 0 aliphatic carbocycles. The number of hydrogen-bond acceptors (Lipinski definition) is 11. The van der Waals surface area contributed by atoms with Crippen molar-refractivity contribution >= 4 is 25.7 Å². The Morgan fingerprint density at radius 1 is 0.789 bits per heavy atom. The Labute approximate surface area is 220 Å². The third-order valence-corrected chi connectivity index (χ3v) is 6.63. The van der Waals surface area contributed by atoms with E-state index in [4.69, 9.17) is 32.5 Å². The molecule has 1 fully saturated rings. The molecule has 4 atom stereocenters. The van der Waals surface area contributed by atoms with Crippen molar-refractivity contribution in [3.63, 3.8) is 0 Å². The first-order chi connectivity index (χ1) is 18.1. The Balaban J connectivity index is 1.84. The van der Waals surface area contributed by atoms with E-state index in [1.807, 2.05) is 12.1 Å². The molecule has 1 aliphatic rings. The van der Waals surface area contributed by atoms with Gasteiger partial charge in [0.15, 0.2) is 6.10 Å². The fourth-order valence-electron chi connectivity index (χ4n) is 3.61. The predicted octanol–water partition coefficient (Wildman–Crippen LogP) is 4.09. The fourth-order valence-corrected chi connectivity index (χ4v) is 4.86. The summed E-state index contributed by atoms with van der Waals surface area (Å²) in [6.45, 7) is 3.09. The zero-order valence-corrected chi connectivity index (χ0v) is 22.2. The fraction of sp³-hybridized carbons (Fsp3) is 0.423. The number of carbonyl (C=O) groups is 3. The Bertz CT molecular complexity index is 1060. The first kappa shape index (κ1) is 29.5. The normalized spacial score (nSPS) is 21.3. The van der Waals surface area contributed by atoms with Gasteiger partial charge in [-0.1, -0.05) is 60.7 Å². The summed E-state index contributed by atoms with van der Waals surface area (Å²) < 4.78 is 52.4. The van der Waals surface area contributed by atoms with Crippen LogP contribution in [-0.4, -0.2) is 49.1 Å². The van der Waals surface area contributed by atoms with E-state index in [0.717, 1.165) is 0 Å². The number of esters is 3. The summed E-state index contributed by atoms with van der Waals surface area (Å²) in [5, 5.41) is 0. The van der Waals surface area contributed by atoms with Gasteiger partial charge in [-0.25, -0.2) is 4.57 Å². The minimum absolute atomic E-state index is 0.0763. The van der Waals surface area contributed by atoms with E-state index in [-0.39, 0.29) is 26.2 Å². The van der Waals surface area contributed by atoms with E-state index in [1.165, 1.54) is 20.8 Å². The zero-order valence-electron chi connectivity index (χ0n) is 21.3. The second-order valence-corrected chi connectivity index (χ2v) is 10.1. The van der Waals surface area contributed by atoms with Crippen molar-refractivity contribution in [2.45, 2.75) is 65.0 Å². The highest BCUT2D eigenvalue weighted by Gasteiger charge is 2.46. The Morgan fingerprint density at radius 3 is 1.76 bits per heavy atom. The summed E-state index contributed by atoms with van der Waals surface area (Å²) in [5.41, 5.74) is 1.42. The van der Waals surface area contributed by atoms with Crippen molar-refractivity contribution < 1.29 is 51.5 Å². The smallest absolute Gasteiger partial charge is 0.463 e. The van der Waals surface area contributed by atoms with E-state index in [1.54, 1.807) is 48.5 Å². The predicted molar refractivity (Wildman–Crippen MR) is 132 cm³/mol. The van der Waals surface area contributed by atoms with Crippen LogP contribution in [-0.2, 0) is 64.7 Å². The van der Waals surface area contributed by atoms with Gasteiger partial charge in [-0.2, -0.15) is 0 Å². The second-order valence-electron chi connectivity index (χ2n) is 8.45. The van der Waals surface area contributed by atoms with E-state index in [0.29, 0.717) is 11.1 Å².